The molecule has 2 N–H and O–H groups in total. The van der Waals surface area contributed by atoms with Gasteiger partial charge < -0.3 is 15.4 Å². The zero-order valence-electron chi connectivity index (χ0n) is 9.17. The first-order valence-electron chi connectivity index (χ1n) is 5.79. The maximum Gasteiger partial charge on any atom is 0.0813 e. The summed E-state index contributed by atoms with van der Waals surface area (Å²) in [5, 5.41) is 0. The summed E-state index contributed by atoms with van der Waals surface area (Å²) >= 11 is 0. The second-order valence-electron chi connectivity index (χ2n) is 4.71. The monoisotopic (exact) mass is 198 g/mol. The third kappa shape index (κ3) is 2.10. The van der Waals surface area contributed by atoms with E-state index in [1.807, 2.05) is 0 Å². The molecule has 3 nitrogen and oxygen atoms in total. The molecule has 1 saturated heterocycles. The van der Waals surface area contributed by atoms with E-state index in [4.69, 9.17) is 10.5 Å². The molecule has 0 amide bonds. The van der Waals surface area contributed by atoms with Crippen LogP contribution in [-0.2, 0) is 4.74 Å². The Hall–Kier alpha value is -0.120. The van der Waals surface area contributed by atoms with Gasteiger partial charge in [0.2, 0.25) is 0 Å². The molecular weight excluding hydrogens is 176 g/mol. The van der Waals surface area contributed by atoms with E-state index in [2.05, 4.69) is 4.90 Å². The van der Waals surface area contributed by atoms with Crippen LogP contribution in [0.15, 0.2) is 0 Å². The second-order valence-corrected chi connectivity index (χ2v) is 4.71. The Morgan fingerprint density at radius 2 is 2.14 bits per heavy atom. The molecular formula is C11H22N2O. The topological polar surface area (TPSA) is 38.5 Å². The second kappa shape index (κ2) is 4.17. The van der Waals surface area contributed by atoms with Gasteiger partial charge in [-0.25, -0.2) is 0 Å². The van der Waals surface area contributed by atoms with Crippen LogP contribution in [0, 0.1) is 0 Å². The van der Waals surface area contributed by atoms with Crippen molar-refractivity contribution < 1.29 is 4.74 Å². The van der Waals surface area contributed by atoms with E-state index in [0.29, 0.717) is 6.54 Å². The van der Waals surface area contributed by atoms with Gasteiger partial charge in [0.15, 0.2) is 0 Å². The fourth-order valence-corrected chi connectivity index (χ4v) is 2.48. The van der Waals surface area contributed by atoms with Gasteiger partial charge in [-0.3, -0.25) is 0 Å². The number of likely N-dealkylation sites (tertiary alicyclic amines) is 1. The molecule has 2 aliphatic rings. The van der Waals surface area contributed by atoms with Crippen molar-refractivity contribution >= 4 is 0 Å². The van der Waals surface area contributed by atoms with Crippen molar-refractivity contribution in [2.75, 3.05) is 26.7 Å². The molecule has 1 aliphatic carbocycles. The average Bonchev–Trinajstić information content (AvgIpc) is 3.04. The predicted molar refractivity (Wildman–Crippen MR) is 57.2 cm³/mol. The van der Waals surface area contributed by atoms with Gasteiger partial charge in [-0.2, -0.15) is 0 Å². The normalized spacial score (nSPS) is 35.6. The fourth-order valence-electron chi connectivity index (χ4n) is 2.48. The maximum atomic E-state index is 5.81. The first-order chi connectivity index (χ1) is 6.79. The first-order valence-corrected chi connectivity index (χ1v) is 5.79. The highest BCUT2D eigenvalue weighted by molar-refractivity contribution is 4.91. The van der Waals surface area contributed by atoms with Crippen LogP contribution >= 0.6 is 0 Å². The van der Waals surface area contributed by atoms with Crippen LogP contribution in [0.3, 0.4) is 0 Å². The lowest BCUT2D eigenvalue weighted by Crippen LogP contribution is -2.40. The van der Waals surface area contributed by atoms with Gasteiger partial charge in [-0.15, -0.1) is 0 Å². The van der Waals surface area contributed by atoms with E-state index in [1.54, 1.807) is 7.11 Å². The summed E-state index contributed by atoms with van der Waals surface area (Å²) in [5.41, 5.74) is 5.79. The average molecular weight is 198 g/mol. The lowest BCUT2D eigenvalue weighted by atomic mass is 9.95. The Balaban J connectivity index is 1.91. The van der Waals surface area contributed by atoms with E-state index in [-0.39, 0.29) is 5.60 Å². The molecule has 14 heavy (non-hydrogen) atoms. The van der Waals surface area contributed by atoms with Crippen molar-refractivity contribution in [3.63, 3.8) is 0 Å². The van der Waals surface area contributed by atoms with Gasteiger partial charge >= 0.3 is 0 Å². The number of hydrogen-bond acceptors (Lipinski definition) is 3. The van der Waals surface area contributed by atoms with Crippen molar-refractivity contribution in [1.29, 1.82) is 0 Å². The van der Waals surface area contributed by atoms with E-state index < -0.39 is 0 Å². The number of ether oxygens (including phenoxy) is 1. The number of nitrogens with two attached hydrogens (primary N) is 1. The minimum atomic E-state index is -0.0242. The Labute approximate surface area is 86.6 Å². The molecule has 0 aromatic carbocycles. The van der Waals surface area contributed by atoms with Crippen LogP contribution in [0.2, 0.25) is 0 Å². The lowest BCUT2D eigenvalue weighted by Gasteiger charge is -2.29. The number of rotatable bonds is 3. The minimum Gasteiger partial charge on any atom is -0.377 e. The van der Waals surface area contributed by atoms with Gasteiger partial charge in [-0.05, 0) is 38.6 Å². The predicted octanol–water partition coefficient (Wildman–Crippen LogP) is 0.979. The molecule has 3 heteroatoms. The van der Waals surface area contributed by atoms with Crippen molar-refractivity contribution in [2.45, 2.75) is 43.7 Å². The first kappa shape index (κ1) is 10.4. The van der Waals surface area contributed by atoms with Crippen LogP contribution in [0.1, 0.15) is 32.1 Å². The SMILES string of the molecule is COC1(CN)CCCN(C2CC2)CC1. The van der Waals surface area contributed by atoms with E-state index in [9.17, 15) is 0 Å². The molecule has 1 saturated carbocycles. The molecule has 0 radical (unpaired) electrons. The molecule has 2 fully saturated rings. The summed E-state index contributed by atoms with van der Waals surface area (Å²) in [6.07, 6.45) is 6.28. The van der Waals surface area contributed by atoms with Crippen molar-refractivity contribution in [3.05, 3.63) is 0 Å². The van der Waals surface area contributed by atoms with Gasteiger partial charge in [0.1, 0.15) is 0 Å². The standard InChI is InChI=1S/C11H22N2O/c1-14-11(9-12)5-2-7-13(8-6-11)10-3-4-10/h10H,2-9,12H2,1H3. The number of methoxy groups -OCH3 is 1. The summed E-state index contributed by atoms with van der Waals surface area (Å²) in [6, 6.07) is 0.889. The van der Waals surface area contributed by atoms with Crippen LogP contribution in [0.25, 0.3) is 0 Å². The van der Waals surface area contributed by atoms with Crippen molar-refractivity contribution in [2.24, 2.45) is 5.73 Å². The third-order valence-corrected chi connectivity index (χ3v) is 3.80. The highest BCUT2D eigenvalue weighted by atomic mass is 16.5. The fraction of sp³-hybridized carbons (Fsp3) is 1.00. The Kier molecular flexibility index (Phi) is 3.10. The molecule has 0 bridgehead atoms. The third-order valence-electron chi connectivity index (χ3n) is 3.80. The largest absolute Gasteiger partial charge is 0.377 e. The molecule has 1 atom stereocenters. The molecule has 0 aromatic heterocycles. The molecule has 2 rings (SSSR count). The van der Waals surface area contributed by atoms with E-state index in [1.165, 1.54) is 32.4 Å². The Morgan fingerprint density at radius 3 is 2.71 bits per heavy atom. The highest BCUT2D eigenvalue weighted by Crippen LogP contribution is 2.32. The number of hydrogen-bond donors (Lipinski definition) is 1. The van der Waals surface area contributed by atoms with Gasteiger partial charge in [-0.1, -0.05) is 0 Å². The Bertz CT molecular complexity index is 188. The van der Waals surface area contributed by atoms with Crippen molar-refractivity contribution in [1.82, 2.24) is 4.90 Å². The van der Waals surface area contributed by atoms with E-state index in [0.717, 1.165) is 18.9 Å². The Morgan fingerprint density at radius 1 is 1.36 bits per heavy atom. The van der Waals surface area contributed by atoms with Gasteiger partial charge in [0.25, 0.3) is 0 Å². The zero-order valence-corrected chi connectivity index (χ0v) is 9.17. The molecule has 1 unspecified atom stereocenters. The van der Waals surface area contributed by atoms with Crippen molar-refractivity contribution in [3.8, 4) is 0 Å². The summed E-state index contributed by atoms with van der Waals surface area (Å²) in [7, 11) is 1.81. The zero-order chi connectivity index (χ0) is 10.0. The molecule has 0 aromatic rings. The highest BCUT2D eigenvalue weighted by Gasteiger charge is 2.35. The van der Waals surface area contributed by atoms with Crippen LogP contribution < -0.4 is 5.73 Å². The van der Waals surface area contributed by atoms with Crippen LogP contribution in [0.4, 0.5) is 0 Å². The van der Waals surface area contributed by atoms with E-state index >= 15 is 0 Å². The van der Waals surface area contributed by atoms with Gasteiger partial charge in [0.05, 0.1) is 5.60 Å². The van der Waals surface area contributed by atoms with Gasteiger partial charge in [0, 0.05) is 26.2 Å². The smallest absolute Gasteiger partial charge is 0.0813 e. The lowest BCUT2D eigenvalue weighted by molar-refractivity contribution is -0.0142. The molecule has 0 spiro atoms. The quantitative estimate of drug-likeness (QED) is 0.734. The maximum absolute atomic E-state index is 5.81. The molecule has 82 valence electrons. The van der Waals surface area contributed by atoms with Crippen LogP contribution in [0.5, 0.6) is 0 Å². The van der Waals surface area contributed by atoms with Crippen LogP contribution in [-0.4, -0.2) is 43.3 Å². The summed E-state index contributed by atoms with van der Waals surface area (Å²) < 4.78 is 5.60. The minimum absolute atomic E-state index is 0.0242. The number of nitrogens with zero attached hydrogens (tertiary/aromatic N) is 1. The molecule has 1 heterocycles. The summed E-state index contributed by atoms with van der Waals surface area (Å²) in [6.45, 7) is 3.09. The summed E-state index contributed by atoms with van der Waals surface area (Å²) in [5.74, 6) is 0. The molecule has 1 aliphatic heterocycles. The summed E-state index contributed by atoms with van der Waals surface area (Å²) in [4.78, 5) is 2.62.